The van der Waals surface area contributed by atoms with Crippen LogP contribution in [0.25, 0.3) is 5.31 Å². The number of rotatable bonds is 3. The van der Waals surface area contributed by atoms with Crippen molar-refractivity contribution in [1.29, 1.82) is 0 Å². The highest BCUT2D eigenvalue weighted by molar-refractivity contribution is 14.1. The minimum absolute atomic E-state index is 0.350. The number of hydrogen-bond acceptors (Lipinski definition) is 3. The van der Waals surface area contributed by atoms with Gasteiger partial charge < -0.3 is 4.52 Å². The highest BCUT2D eigenvalue weighted by Crippen LogP contribution is 2.71. The van der Waals surface area contributed by atoms with E-state index in [9.17, 15) is 4.57 Å². The van der Waals surface area contributed by atoms with Crippen LogP contribution in [0.1, 0.15) is 17.2 Å². The Morgan fingerprint density at radius 1 is 1.33 bits per heavy atom. The molecule has 0 spiro atoms. The molecule has 2 unspecified atom stereocenters. The van der Waals surface area contributed by atoms with E-state index in [1.165, 1.54) is 7.11 Å². The summed E-state index contributed by atoms with van der Waals surface area (Å²) in [5.74, 6) is 0. The summed E-state index contributed by atoms with van der Waals surface area (Å²) in [6, 6.07) is 15.0. The van der Waals surface area contributed by atoms with Crippen molar-refractivity contribution in [2.45, 2.75) is 6.10 Å². The van der Waals surface area contributed by atoms with Gasteiger partial charge in [0.25, 0.3) is 0 Å². The van der Waals surface area contributed by atoms with Crippen molar-refractivity contribution in [2.24, 2.45) is 0 Å². The highest BCUT2D eigenvalue weighted by atomic mass is 127. The summed E-state index contributed by atoms with van der Waals surface area (Å²) < 4.78 is 24.9. The molecule has 21 heavy (non-hydrogen) atoms. The lowest BCUT2D eigenvalue weighted by Crippen LogP contribution is -1.95. The summed E-state index contributed by atoms with van der Waals surface area (Å²) in [6.45, 7) is 0. The molecule has 0 radical (unpaired) electrons. The average Bonchev–Trinajstić information content (AvgIpc) is 3.08. The van der Waals surface area contributed by atoms with Crippen molar-refractivity contribution in [2.75, 3.05) is 7.11 Å². The smallest absolute Gasteiger partial charge is 0.309 e. The predicted octanol–water partition coefficient (Wildman–Crippen LogP) is 5.77. The molecule has 2 atom stereocenters. The SMILES string of the molecule is COP1(=O)OC(c2ccc[cH-]2)C(I)=C1c1ccc(Cl)cc1. The quantitative estimate of drug-likeness (QED) is 0.350. The molecule has 1 heterocycles. The van der Waals surface area contributed by atoms with Crippen LogP contribution in [0.5, 0.6) is 0 Å². The summed E-state index contributed by atoms with van der Waals surface area (Å²) >= 11 is 8.11. The van der Waals surface area contributed by atoms with E-state index in [4.69, 9.17) is 20.6 Å². The Morgan fingerprint density at radius 3 is 2.62 bits per heavy atom. The largest absolute Gasteiger partial charge is 0.363 e. The van der Waals surface area contributed by atoms with E-state index >= 15 is 0 Å². The summed E-state index contributed by atoms with van der Waals surface area (Å²) in [5, 5.41) is 1.25. The van der Waals surface area contributed by atoms with Crippen LogP contribution < -0.4 is 0 Å². The fourth-order valence-corrected chi connectivity index (χ4v) is 6.04. The fraction of sp³-hybridized carbons (Fsp3) is 0.133. The topological polar surface area (TPSA) is 35.5 Å². The molecule has 1 aliphatic heterocycles. The normalized spacial score (nSPS) is 25.6. The third kappa shape index (κ3) is 2.76. The van der Waals surface area contributed by atoms with Crippen LogP contribution in [-0.2, 0) is 13.6 Å². The molecule has 110 valence electrons. The van der Waals surface area contributed by atoms with Gasteiger partial charge in [0.2, 0.25) is 0 Å². The average molecular weight is 434 g/mol. The van der Waals surface area contributed by atoms with E-state index in [0.717, 1.165) is 14.7 Å². The van der Waals surface area contributed by atoms with Gasteiger partial charge in [0.1, 0.15) is 6.10 Å². The molecule has 6 heteroatoms. The third-order valence-electron chi connectivity index (χ3n) is 3.32. The molecule has 2 aromatic rings. The first kappa shape index (κ1) is 15.4. The maximum Gasteiger partial charge on any atom is 0.363 e. The molecule has 0 aliphatic carbocycles. The van der Waals surface area contributed by atoms with Gasteiger partial charge in [-0.15, -0.1) is 5.56 Å². The molecule has 3 nitrogen and oxygen atoms in total. The molecule has 0 fully saturated rings. The number of benzene rings is 1. The van der Waals surface area contributed by atoms with Crippen molar-refractivity contribution >= 4 is 47.1 Å². The molecule has 0 saturated carbocycles. The standard InChI is InChI=1S/C15H12ClIO3P/c1-19-21(18)15(11-6-8-12(16)9-7-11)13(17)14(20-21)10-4-2-3-5-10/h2-9,14H,1H3/q-1. The minimum atomic E-state index is -3.32. The minimum Gasteiger partial charge on any atom is -0.309 e. The molecule has 0 amide bonds. The maximum atomic E-state index is 13.0. The lowest BCUT2D eigenvalue weighted by molar-refractivity contribution is 0.214. The fourth-order valence-electron chi connectivity index (χ4n) is 2.30. The van der Waals surface area contributed by atoms with Gasteiger partial charge in [-0.25, -0.2) is 12.1 Å². The first-order chi connectivity index (χ1) is 10.0. The Kier molecular flexibility index (Phi) is 4.35. The van der Waals surface area contributed by atoms with Crippen LogP contribution in [0.4, 0.5) is 0 Å². The van der Waals surface area contributed by atoms with E-state index in [0.29, 0.717) is 10.3 Å². The van der Waals surface area contributed by atoms with Crippen LogP contribution in [0.15, 0.2) is 52.1 Å². The molecule has 1 aliphatic rings. The third-order valence-corrected chi connectivity index (χ3v) is 7.12. The van der Waals surface area contributed by atoms with E-state index in [1.54, 1.807) is 12.1 Å². The summed E-state index contributed by atoms with van der Waals surface area (Å²) in [6.07, 6.45) is -0.350. The van der Waals surface area contributed by atoms with Crippen molar-refractivity contribution in [3.63, 3.8) is 0 Å². The first-order valence-corrected chi connectivity index (χ1v) is 9.27. The van der Waals surface area contributed by atoms with Gasteiger partial charge in [-0.1, -0.05) is 23.7 Å². The lowest BCUT2D eigenvalue weighted by atomic mass is 10.1. The van der Waals surface area contributed by atoms with Crippen LogP contribution >= 0.6 is 41.8 Å². The summed E-state index contributed by atoms with van der Waals surface area (Å²) in [7, 11) is -1.91. The lowest BCUT2D eigenvalue weighted by Gasteiger charge is -2.16. The van der Waals surface area contributed by atoms with Crippen LogP contribution in [-0.4, -0.2) is 7.11 Å². The van der Waals surface area contributed by atoms with Crippen LogP contribution in [0.2, 0.25) is 5.02 Å². The zero-order valence-electron chi connectivity index (χ0n) is 11.1. The van der Waals surface area contributed by atoms with E-state index in [-0.39, 0.29) is 6.10 Å². The Hall–Kier alpha value is -0.520. The maximum absolute atomic E-state index is 13.0. The second-order valence-electron chi connectivity index (χ2n) is 4.59. The molecule has 3 rings (SSSR count). The zero-order chi connectivity index (χ0) is 15.0. The highest BCUT2D eigenvalue weighted by Gasteiger charge is 2.43. The van der Waals surface area contributed by atoms with Crippen molar-refractivity contribution in [3.8, 4) is 0 Å². The van der Waals surface area contributed by atoms with Gasteiger partial charge in [0.15, 0.2) is 0 Å². The number of halogens is 2. The number of hydrogen-bond donors (Lipinski definition) is 0. The summed E-state index contributed by atoms with van der Waals surface area (Å²) in [5.41, 5.74) is 1.78. The van der Waals surface area contributed by atoms with E-state index in [2.05, 4.69) is 22.6 Å². The Labute approximate surface area is 141 Å². The van der Waals surface area contributed by atoms with E-state index in [1.807, 2.05) is 36.4 Å². The molecular formula is C15H12ClIO3P-. The Morgan fingerprint density at radius 2 is 2.05 bits per heavy atom. The monoisotopic (exact) mass is 433 g/mol. The zero-order valence-corrected chi connectivity index (χ0v) is 14.9. The second-order valence-corrected chi connectivity index (χ2v) is 8.20. The van der Waals surface area contributed by atoms with Gasteiger partial charge in [-0.2, -0.15) is 12.1 Å². The van der Waals surface area contributed by atoms with Gasteiger partial charge in [0.05, 0.1) is 5.31 Å². The Balaban J connectivity index is 2.13. The van der Waals surface area contributed by atoms with Gasteiger partial charge in [0, 0.05) is 15.7 Å². The van der Waals surface area contributed by atoms with Crippen molar-refractivity contribution in [1.82, 2.24) is 0 Å². The van der Waals surface area contributed by atoms with Gasteiger partial charge >= 0.3 is 7.60 Å². The molecule has 0 N–H and O–H groups in total. The Bertz CT molecular complexity index is 722. The first-order valence-electron chi connectivity index (χ1n) is 6.27. The summed E-state index contributed by atoms with van der Waals surface area (Å²) in [4.78, 5) is 0. The second kappa shape index (κ2) is 5.94. The van der Waals surface area contributed by atoms with E-state index < -0.39 is 7.60 Å². The molecule has 0 bridgehead atoms. The molecular weight excluding hydrogens is 421 g/mol. The van der Waals surface area contributed by atoms with Gasteiger partial charge in [-0.05, 0) is 40.3 Å². The van der Waals surface area contributed by atoms with Crippen LogP contribution in [0.3, 0.4) is 0 Å². The molecule has 2 aromatic carbocycles. The molecule has 0 saturated heterocycles. The van der Waals surface area contributed by atoms with Crippen molar-refractivity contribution in [3.05, 3.63) is 68.3 Å². The predicted molar refractivity (Wildman–Crippen MR) is 92.9 cm³/mol. The van der Waals surface area contributed by atoms with Crippen molar-refractivity contribution < 1.29 is 13.6 Å². The molecule has 0 aromatic heterocycles. The van der Waals surface area contributed by atoms with Gasteiger partial charge in [-0.3, -0.25) is 9.09 Å². The van der Waals surface area contributed by atoms with Crippen LogP contribution in [0, 0.1) is 0 Å².